The minimum absolute atomic E-state index is 0.188. The first kappa shape index (κ1) is 24.4. The highest BCUT2D eigenvalue weighted by molar-refractivity contribution is 7.58. The van der Waals surface area contributed by atoms with Crippen molar-refractivity contribution in [2.24, 2.45) is 5.92 Å². The highest BCUT2D eigenvalue weighted by Gasteiger charge is 2.39. The molecule has 11 heteroatoms. The van der Waals surface area contributed by atoms with Gasteiger partial charge in [0.15, 0.2) is 0 Å². The van der Waals surface area contributed by atoms with Crippen LogP contribution in [0.25, 0.3) is 0 Å². The third-order valence-electron chi connectivity index (χ3n) is 4.58. The quantitative estimate of drug-likeness (QED) is 0.381. The molecule has 2 aromatic rings. The molecule has 0 aromatic heterocycles. The van der Waals surface area contributed by atoms with Crippen LogP contribution >= 0.6 is 7.37 Å². The van der Waals surface area contributed by atoms with Crippen LogP contribution in [0.1, 0.15) is 29.8 Å². The van der Waals surface area contributed by atoms with Crippen molar-refractivity contribution in [1.29, 1.82) is 0 Å². The van der Waals surface area contributed by atoms with Gasteiger partial charge in [0.25, 0.3) is 0 Å². The average Bonchev–Trinajstić information content (AvgIpc) is 2.69. The third-order valence-corrected chi connectivity index (χ3v) is 6.78. The molecule has 2 rings (SSSR count). The Labute approximate surface area is 176 Å². The summed E-state index contributed by atoms with van der Waals surface area (Å²) >= 11 is 0. The molecular formula is C20H21F3NO6P. The summed E-state index contributed by atoms with van der Waals surface area (Å²) in [5.41, 5.74) is -1.29. The molecule has 0 radical (unpaired) electrons. The van der Waals surface area contributed by atoms with Gasteiger partial charge in [-0.15, -0.1) is 0 Å². The van der Waals surface area contributed by atoms with Crippen LogP contribution in [0.3, 0.4) is 0 Å². The molecule has 0 saturated carbocycles. The molecule has 0 fully saturated rings. The van der Waals surface area contributed by atoms with Crippen molar-refractivity contribution in [2.45, 2.75) is 24.8 Å². The Kier molecular flexibility index (Phi) is 7.86. The molecule has 168 valence electrons. The fourth-order valence-electron chi connectivity index (χ4n) is 3.07. The van der Waals surface area contributed by atoms with Crippen molar-refractivity contribution in [3.8, 4) is 0 Å². The van der Waals surface area contributed by atoms with Gasteiger partial charge < -0.3 is 20.4 Å². The number of alkyl halides is 3. The molecule has 0 aliphatic rings. The van der Waals surface area contributed by atoms with Crippen LogP contribution in [0, 0.1) is 5.92 Å². The predicted octanol–water partition coefficient (Wildman–Crippen LogP) is 4.65. The van der Waals surface area contributed by atoms with E-state index in [1.807, 2.05) is 0 Å². The van der Waals surface area contributed by atoms with Gasteiger partial charge in [0.2, 0.25) is 7.37 Å². The highest BCUT2D eigenvalue weighted by atomic mass is 31.2. The number of para-hydroxylation sites is 1. The molecule has 0 aliphatic carbocycles. The molecule has 3 atom stereocenters. The van der Waals surface area contributed by atoms with Gasteiger partial charge in [-0.25, -0.2) is 0 Å². The van der Waals surface area contributed by atoms with Crippen molar-refractivity contribution in [2.75, 3.05) is 11.5 Å². The minimum Gasteiger partial charge on any atom is -0.481 e. The summed E-state index contributed by atoms with van der Waals surface area (Å²) in [7, 11) is -4.48. The molecule has 4 N–H and O–H groups in total. The summed E-state index contributed by atoms with van der Waals surface area (Å²) in [6.07, 6.45) is -6.46. The van der Waals surface area contributed by atoms with Crippen LogP contribution < -0.4 is 5.32 Å². The Hall–Kier alpha value is -2.84. The standard InChI is InChI=1S/C20H21F3NO6P/c21-20(22,23)15-8-4-5-9-16(15)24-18(13-6-2-1-3-7-13)31(29,30)12-14(19(27)28)10-11-17(25)26/h1-9,14,18,24H,10-12H2,(H,25,26)(H,27,28)(H,29,30). The fraction of sp³-hybridized carbons (Fsp3) is 0.300. The highest BCUT2D eigenvalue weighted by Crippen LogP contribution is 2.57. The Bertz CT molecular complexity index is 967. The first-order valence-corrected chi connectivity index (χ1v) is 11.1. The summed E-state index contributed by atoms with van der Waals surface area (Å²) in [6, 6.07) is 12.0. The first-order chi connectivity index (χ1) is 14.4. The number of halogens is 3. The Morgan fingerprint density at radius 1 is 1.00 bits per heavy atom. The number of carboxylic acids is 2. The van der Waals surface area contributed by atoms with E-state index < -0.39 is 67.4 Å². The SMILES string of the molecule is O=C(O)CCC(CP(=O)(O)C(Nc1ccccc1C(F)(F)F)c1ccccc1)C(=O)O. The average molecular weight is 459 g/mol. The maximum Gasteiger partial charge on any atom is 0.418 e. The maximum absolute atomic E-state index is 13.4. The van der Waals surface area contributed by atoms with Crippen molar-refractivity contribution in [3.63, 3.8) is 0 Å². The van der Waals surface area contributed by atoms with E-state index in [0.29, 0.717) is 0 Å². The Balaban J connectivity index is 2.44. The van der Waals surface area contributed by atoms with E-state index in [4.69, 9.17) is 5.11 Å². The zero-order valence-electron chi connectivity index (χ0n) is 16.1. The molecule has 0 spiro atoms. The van der Waals surface area contributed by atoms with Gasteiger partial charge in [0.05, 0.1) is 11.5 Å². The number of aliphatic carboxylic acids is 2. The van der Waals surface area contributed by atoms with Crippen molar-refractivity contribution in [1.82, 2.24) is 0 Å². The molecule has 7 nitrogen and oxygen atoms in total. The topological polar surface area (TPSA) is 124 Å². The molecule has 0 saturated heterocycles. The zero-order chi connectivity index (χ0) is 23.2. The van der Waals surface area contributed by atoms with Gasteiger partial charge in [-0.3, -0.25) is 14.2 Å². The minimum atomic E-state index is -4.73. The number of rotatable bonds is 10. The second-order valence-corrected chi connectivity index (χ2v) is 9.30. The van der Waals surface area contributed by atoms with Crippen LogP contribution in [0.5, 0.6) is 0 Å². The number of benzene rings is 2. The van der Waals surface area contributed by atoms with E-state index in [9.17, 15) is 37.3 Å². The zero-order valence-corrected chi connectivity index (χ0v) is 17.0. The van der Waals surface area contributed by atoms with Crippen molar-refractivity contribution in [3.05, 3.63) is 65.7 Å². The fourth-order valence-corrected chi connectivity index (χ4v) is 5.23. The number of hydrogen-bond donors (Lipinski definition) is 4. The number of carbonyl (C=O) groups is 2. The van der Waals surface area contributed by atoms with Gasteiger partial charge in [0.1, 0.15) is 5.78 Å². The third kappa shape index (κ3) is 6.83. The molecule has 3 unspecified atom stereocenters. The van der Waals surface area contributed by atoms with Crippen LogP contribution in [0.4, 0.5) is 18.9 Å². The largest absolute Gasteiger partial charge is 0.481 e. The van der Waals surface area contributed by atoms with Gasteiger partial charge >= 0.3 is 18.1 Å². The molecule has 0 bridgehead atoms. The molecular weight excluding hydrogens is 438 g/mol. The normalized spacial score (nSPS) is 15.5. The first-order valence-electron chi connectivity index (χ1n) is 9.15. The van der Waals surface area contributed by atoms with E-state index in [2.05, 4.69) is 5.32 Å². The van der Waals surface area contributed by atoms with Crippen molar-refractivity contribution >= 4 is 25.0 Å². The molecule has 31 heavy (non-hydrogen) atoms. The van der Waals surface area contributed by atoms with Crippen LogP contribution in [0.15, 0.2) is 54.6 Å². The van der Waals surface area contributed by atoms with E-state index in [-0.39, 0.29) is 5.56 Å². The lowest BCUT2D eigenvalue weighted by molar-refractivity contribution is -0.142. The Morgan fingerprint density at radius 3 is 2.13 bits per heavy atom. The second kappa shape index (κ2) is 9.98. The van der Waals surface area contributed by atoms with Crippen LogP contribution in [0.2, 0.25) is 0 Å². The van der Waals surface area contributed by atoms with Gasteiger partial charge in [0, 0.05) is 18.3 Å². The van der Waals surface area contributed by atoms with E-state index >= 15 is 0 Å². The molecule has 0 aliphatic heterocycles. The van der Waals surface area contributed by atoms with Crippen LogP contribution in [-0.4, -0.2) is 33.2 Å². The lowest BCUT2D eigenvalue weighted by Gasteiger charge is -2.28. The summed E-state index contributed by atoms with van der Waals surface area (Å²) in [6.45, 7) is 0. The van der Waals surface area contributed by atoms with Crippen molar-refractivity contribution < 1.29 is 42.4 Å². The lowest BCUT2D eigenvalue weighted by Crippen LogP contribution is -2.23. The Morgan fingerprint density at radius 2 is 1.58 bits per heavy atom. The maximum atomic E-state index is 13.4. The number of nitrogens with one attached hydrogen (secondary N) is 1. The summed E-state index contributed by atoms with van der Waals surface area (Å²) in [4.78, 5) is 33.0. The molecule has 0 heterocycles. The van der Waals surface area contributed by atoms with Gasteiger partial charge in [-0.1, -0.05) is 42.5 Å². The smallest absolute Gasteiger partial charge is 0.418 e. The monoisotopic (exact) mass is 459 g/mol. The van der Waals surface area contributed by atoms with Gasteiger partial charge in [-0.05, 0) is 24.1 Å². The van der Waals surface area contributed by atoms with E-state index in [0.717, 1.165) is 12.1 Å². The number of carboxylic acid groups (broad SMARTS) is 2. The summed E-state index contributed by atoms with van der Waals surface area (Å²) in [5, 5.41) is 20.6. The van der Waals surface area contributed by atoms with E-state index in [1.165, 1.54) is 36.4 Å². The second-order valence-electron chi connectivity index (χ2n) is 6.91. The lowest BCUT2D eigenvalue weighted by atomic mass is 10.1. The predicted molar refractivity (Wildman–Crippen MR) is 107 cm³/mol. The summed E-state index contributed by atoms with van der Waals surface area (Å²) < 4.78 is 53.4. The molecule has 0 amide bonds. The van der Waals surface area contributed by atoms with Gasteiger partial charge in [-0.2, -0.15) is 13.2 Å². The van der Waals surface area contributed by atoms with E-state index in [1.54, 1.807) is 6.07 Å². The summed E-state index contributed by atoms with van der Waals surface area (Å²) in [5.74, 6) is -5.73. The van der Waals surface area contributed by atoms with Crippen LogP contribution in [-0.2, 0) is 20.3 Å². The molecule has 2 aromatic carbocycles. The number of hydrogen-bond acceptors (Lipinski definition) is 4. The number of anilines is 1.